The van der Waals surface area contributed by atoms with Gasteiger partial charge in [0, 0.05) is 10.0 Å². The Morgan fingerprint density at radius 1 is 0.964 bits per heavy atom. The van der Waals surface area contributed by atoms with Crippen LogP contribution >= 0.6 is 15.9 Å². The quantitative estimate of drug-likeness (QED) is 0.537. The SMILES string of the molecule is COc1ccccc1C(=O)c1cc(Br)ccc1NS(=O)(=O)c1ccc(C)cc1. The lowest BCUT2D eigenvalue weighted by atomic mass is 10.0. The fraction of sp³-hybridized carbons (Fsp3) is 0.0952. The molecule has 1 N–H and O–H groups in total. The van der Waals surface area contributed by atoms with Gasteiger partial charge in [-0.05, 0) is 49.4 Å². The van der Waals surface area contributed by atoms with Gasteiger partial charge in [0.2, 0.25) is 0 Å². The highest BCUT2D eigenvalue weighted by Gasteiger charge is 2.22. The van der Waals surface area contributed by atoms with E-state index in [-0.39, 0.29) is 21.9 Å². The summed E-state index contributed by atoms with van der Waals surface area (Å²) in [6.45, 7) is 1.88. The molecule has 0 spiro atoms. The summed E-state index contributed by atoms with van der Waals surface area (Å²) in [7, 11) is -2.37. The zero-order chi connectivity index (χ0) is 20.3. The topological polar surface area (TPSA) is 72.5 Å². The van der Waals surface area contributed by atoms with E-state index in [2.05, 4.69) is 20.7 Å². The number of carbonyl (C=O) groups is 1. The predicted molar refractivity (Wildman–Crippen MR) is 113 cm³/mol. The number of ketones is 1. The smallest absolute Gasteiger partial charge is 0.261 e. The van der Waals surface area contributed by atoms with Crippen molar-refractivity contribution in [3.05, 3.63) is 87.9 Å². The number of aryl methyl sites for hydroxylation is 1. The maximum absolute atomic E-state index is 13.1. The summed E-state index contributed by atoms with van der Waals surface area (Å²) in [6.07, 6.45) is 0. The van der Waals surface area contributed by atoms with Crippen LogP contribution in [0.3, 0.4) is 0 Å². The minimum Gasteiger partial charge on any atom is -0.496 e. The predicted octanol–water partition coefficient (Wildman–Crippen LogP) is 4.80. The Morgan fingerprint density at radius 2 is 1.64 bits per heavy atom. The summed E-state index contributed by atoms with van der Waals surface area (Å²) in [5, 5.41) is 0. The summed E-state index contributed by atoms with van der Waals surface area (Å²) in [6, 6.07) is 18.1. The molecule has 0 heterocycles. The molecule has 0 saturated carbocycles. The number of benzene rings is 3. The van der Waals surface area contributed by atoms with Crippen LogP contribution in [0, 0.1) is 6.92 Å². The summed E-state index contributed by atoms with van der Waals surface area (Å²) in [5.41, 5.74) is 1.71. The number of rotatable bonds is 6. The Hall–Kier alpha value is -2.64. The summed E-state index contributed by atoms with van der Waals surface area (Å²) in [4.78, 5) is 13.3. The molecule has 7 heteroatoms. The fourth-order valence-electron chi connectivity index (χ4n) is 2.69. The number of para-hydroxylation sites is 1. The zero-order valence-electron chi connectivity index (χ0n) is 15.3. The van der Waals surface area contributed by atoms with Crippen molar-refractivity contribution >= 4 is 37.4 Å². The Bertz CT molecular complexity index is 1130. The van der Waals surface area contributed by atoms with Gasteiger partial charge < -0.3 is 4.74 Å². The van der Waals surface area contributed by atoms with Crippen LogP contribution in [0.1, 0.15) is 21.5 Å². The van der Waals surface area contributed by atoms with E-state index in [0.717, 1.165) is 5.56 Å². The molecular formula is C21H18BrNO4S. The van der Waals surface area contributed by atoms with Gasteiger partial charge in [0.15, 0.2) is 5.78 Å². The van der Waals surface area contributed by atoms with Gasteiger partial charge in [0.05, 0.1) is 23.3 Å². The molecule has 0 aliphatic heterocycles. The van der Waals surface area contributed by atoms with Gasteiger partial charge in [-0.15, -0.1) is 0 Å². The maximum Gasteiger partial charge on any atom is 0.261 e. The number of ether oxygens (including phenoxy) is 1. The average molecular weight is 460 g/mol. The first kappa shape index (κ1) is 20.1. The van der Waals surface area contributed by atoms with Crippen molar-refractivity contribution in [2.45, 2.75) is 11.8 Å². The number of sulfonamides is 1. The van der Waals surface area contributed by atoms with Crippen LogP contribution in [0.5, 0.6) is 5.75 Å². The lowest BCUT2D eigenvalue weighted by Gasteiger charge is -2.14. The van der Waals surface area contributed by atoms with Crippen LogP contribution in [-0.4, -0.2) is 21.3 Å². The van der Waals surface area contributed by atoms with Crippen molar-refractivity contribution in [3.63, 3.8) is 0 Å². The molecule has 0 aliphatic rings. The Balaban J connectivity index is 2.04. The molecule has 0 unspecified atom stereocenters. The fourth-order valence-corrected chi connectivity index (χ4v) is 4.13. The van der Waals surface area contributed by atoms with Gasteiger partial charge in [-0.3, -0.25) is 9.52 Å². The third-order valence-electron chi connectivity index (χ3n) is 4.15. The zero-order valence-corrected chi connectivity index (χ0v) is 17.7. The second-order valence-corrected chi connectivity index (χ2v) is 8.74. The molecule has 0 saturated heterocycles. The molecular weight excluding hydrogens is 442 g/mol. The van der Waals surface area contributed by atoms with Crippen molar-refractivity contribution < 1.29 is 17.9 Å². The van der Waals surface area contributed by atoms with Crippen molar-refractivity contribution in [2.24, 2.45) is 0 Å². The van der Waals surface area contributed by atoms with Crippen molar-refractivity contribution in [1.29, 1.82) is 0 Å². The first-order valence-electron chi connectivity index (χ1n) is 8.38. The van der Waals surface area contributed by atoms with Gasteiger partial charge in [-0.2, -0.15) is 0 Å². The van der Waals surface area contributed by atoms with Crippen LogP contribution in [0.15, 0.2) is 76.1 Å². The van der Waals surface area contributed by atoms with Crippen LogP contribution in [0.2, 0.25) is 0 Å². The monoisotopic (exact) mass is 459 g/mol. The average Bonchev–Trinajstić information content (AvgIpc) is 2.69. The number of anilines is 1. The normalized spacial score (nSPS) is 11.1. The van der Waals surface area contributed by atoms with Crippen molar-refractivity contribution in [2.75, 3.05) is 11.8 Å². The number of hydrogen-bond acceptors (Lipinski definition) is 4. The van der Waals surface area contributed by atoms with Gasteiger partial charge in [-0.1, -0.05) is 45.8 Å². The van der Waals surface area contributed by atoms with Crippen LogP contribution in [0.4, 0.5) is 5.69 Å². The summed E-state index contributed by atoms with van der Waals surface area (Å²) < 4.78 is 34.0. The summed E-state index contributed by atoms with van der Waals surface area (Å²) in [5.74, 6) is 0.0696. The second-order valence-electron chi connectivity index (χ2n) is 6.14. The van der Waals surface area contributed by atoms with Gasteiger partial charge >= 0.3 is 0 Å². The van der Waals surface area contributed by atoms with E-state index in [4.69, 9.17) is 4.74 Å². The summed E-state index contributed by atoms with van der Waals surface area (Å²) >= 11 is 3.34. The van der Waals surface area contributed by atoms with E-state index in [1.54, 1.807) is 54.6 Å². The molecule has 5 nitrogen and oxygen atoms in total. The molecule has 3 rings (SSSR count). The maximum atomic E-state index is 13.1. The van der Waals surface area contributed by atoms with E-state index in [1.165, 1.54) is 19.2 Å². The first-order chi connectivity index (χ1) is 13.3. The number of methoxy groups -OCH3 is 1. The number of hydrogen-bond donors (Lipinski definition) is 1. The molecule has 144 valence electrons. The van der Waals surface area contributed by atoms with Gasteiger partial charge in [0.1, 0.15) is 5.75 Å². The van der Waals surface area contributed by atoms with E-state index in [0.29, 0.717) is 15.8 Å². The molecule has 0 fully saturated rings. The van der Waals surface area contributed by atoms with E-state index in [1.807, 2.05) is 6.92 Å². The molecule has 0 atom stereocenters. The Morgan fingerprint density at radius 3 is 2.32 bits per heavy atom. The van der Waals surface area contributed by atoms with Gasteiger partial charge in [-0.25, -0.2) is 8.42 Å². The standard InChI is InChI=1S/C21H18BrNO4S/c1-14-7-10-16(11-8-14)28(25,26)23-19-12-9-15(22)13-18(19)21(24)17-5-3-4-6-20(17)27-2/h3-13,23H,1-2H3. The molecule has 0 aromatic heterocycles. The number of carbonyl (C=O) groups excluding carboxylic acids is 1. The van der Waals surface area contributed by atoms with Crippen LogP contribution in [-0.2, 0) is 10.0 Å². The van der Waals surface area contributed by atoms with Crippen LogP contribution in [0.25, 0.3) is 0 Å². The lowest BCUT2D eigenvalue weighted by molar-refractivity contribution is 0.103. The lowest BCUT2D eigenvalue weighted by Crippen LogP contribution is -2.16. The van der Waals surface area contributed by atoms with Crippen LogP contribution < -0.4 is 9.46 Å². The number of halogens is 1. The van der Waals surface area contributed by atoms with E-state index in [9.17, 15) is 13.2 Å². The molecule has 0 aliphatic carbocycles. The highest BCUT2D eigenvalue weighted by molar-refractivity contribution is 9.10. The molecule has 0 amide bonds. The highest BCUT2D eigenvalue weighted by Crippen LogP contribution is 2.29. The minimum atomic E-state index is -3.85. The highest BCUT2D eigenvalue weighted by atomic mass is 79.9. The molecule has 0 radical (unpaired) electrons. The molecule has 3 aromatic rings. The Labute approximate surface area is 172 Å². The first-order valence-corrected chi connectivity index (χ1v) is 10.7. The third kappa shape index (κ3) is 4.26. The molecule has 3 aromatic carbocycles. The van der Waals surface area contributed by atoms with E-state index < -0.39 is 10.0 Å². The van der Waals surface area contributed by atoms with Gasteiger partial charge in [0.25, 0.3) is 10.0 Å². The molecule has 0 bridgehead atoms. The van der Waals surface area contributed by atoms with E-state index >= 15 is 0 Å². The number of nitrogens with one attached hydrogen (secondary N) is 1. The largest absolute Gasteiger partial charge is 0.496 e. The second kappa shape index (κ2) is 8.16. The minimum absolute atomic E-state index is 0.122. The molecule has 28 heavy (non-hydrogen) atoms. The van der Waals surface area contributed by atoms with Crippen molar-refractivity contribution in [1.82, 2.24) is 0 Å². The third-order valence-corrected chi connectivity index (χ3v) is 6.03. The van der Waals surface area contributed by atoms with Crippen molar-refractivity contribution in [3.8, 4) is 5.75 Å². The Kier molecular flexibility index (Phi) is 5.86.